The van der Waals surface area contributed by atoms with E-state index in [1.165, 1.54) is 7.11 Å². The molecule has 2 aromatic carbocycles. The number of hydrogen-bond acceptors (Lipinski definition) is 3. The van der Waals surface area contributed by atoms with Crippen LogP contribution in [-0.2, 0) is 20.7 Å². The molecular formula is C22H25NO4. The van der Waals surface area contributed by atoms with Crippen molar-refractivity contribution in [1.82, 2.24) is 4.90 Å². The first-order chi connectivity index (χ1) is 13.0. The van der Waals surface area contributed by atoms with E-state index in [9.17, 15) is 14.7 Å². The molecule has 0 bridgehead atoms. The van der Waals surface area contributed by atoms with E-state index >= 15 is 0 Å². The lowest BCUT2D eigenvalue weighted by Crippen LogP contribution is -2.52. The summed E-state index contributed by atoms with van der Waals surface area (Å²) in [6.07, 6.45) is 1.48. The smallest absolute Gasteiger partial charge is 0.313 e. The third-order valence-corrected chi connectivity index (χ3v) is 5.22. The maximum atomic E-state index is 12.7. The number of carbonyl (C=O) groups excluding carboxylic acids is 1. The number of ether oxygens (including phenoxy) is 1. The number of methoxy groups -OCH3 is 1. The fourth-order valence-corrected chi connectivity index (χ4v) is 3.71. The molecule has 0 aromatic heterocycles. The third kappa shape index (κ3) is 4.37. The van der Waals surface area contributed by atoms with Crippen LogP contribution in [0.3, 0.4) is 0 Å². The number of benzene rings is 2. The summed E-state index contributed by atoms with van der Waals surface area (Å²) < 4.78 is 5.13. The Kier molecular flexibility index (Phi) is 5.91. The van der Waals surface area contributed by atoms with Gasteiger partial charge < -0.3 is 14.7 Å². The number of carboxylic acids is 1. The molecule has 142 valence electrons. The van der Waals surface area contributed by atoms with Crippen molar-refractivity contribution < 1.29 is 19.4 Å². The Labute approximate surface area is 159 Å². The second kappa shape index (κ2) is 8.35. The summed E-state index contributed by atoms with van der Waals surface area (Å²) in [6, 6.07) is 18.0. The molecule has 1 saturated heterocycles. The fourth-order valence-electron chi connectivity index (χ4n) is 3.71. The molecule has 5 heteroatoms. The molecular weight excluding hydrogens is 342 g/mol. The largest absolute Gasteiger partial charge is 0.481 e. The second-order valence-electron chi connectivity index (χ2n) is 7.18. The highest BCUT2D eigenvalue weighted by molar-refractivity contribution is 5.81. The first-order valence-electron chi connectivity index (χ1n) is 9.18. The van der Waals surface area contributed by atoms with Crippen LogP contribution in [0.25, 0.3) is 11.1 Å². The molecule has 27 heavy (non-hydrogen) atoms. The highest BCUT2D eigenvalue weighted by atomic mass is 16.5. The molecule has 5 nitrogen and oxygen atoms in total. The Bertz CT molecular complexity index is 784. The Hall–Kier alpha value is -2.66. The standard InChI is InChI=1S/C22H25NO4/c1-27-16-22(21(25)26)12-5-13-23(15-22)20(24)14-17-8-10-19(11-9-17)18-6-3-2-4-7-18/h2-4,6-11H,5,12-16H2,1H3,(H,25,26). The molecule has 1 aliphatic heterocycles. The molecule has 0 radical (unpaired) electrons. The van der Waals surface area contributed by atoms with E-state index in [0.717, 1.165) is 16.7 Å². The maximum Gasteiger partial charge on any atom is 0.313 e. The van der Waals surface area contributed by atoms with Gasteiger partial charge in [0.15, 0.2) is 0 Å². The molecule has 0 aliphatic carbocycles. The summed E-state index contributed by atoms with van der Waals surface area (Å²) >= 11 is 0. The topological polar surface area (TPSA) is 66.8 Å². The molecule has 1 N–H and O–H groups in total. The van der Waals surface area contributed by atoms with Gasteiger partial charge in [0.25, 0.3) is 0 Å². The van der Waals surface area contributed by atoms with Gasteiger partial charge in [-0.3, -0.25) is 9.59 Å². The zero-order valence-electron chi connectivity index (χ0n) is 15.6. The molecule has 0 saturated carbocycles. The van der Waals surface area contributed by atoms with Crippen molar-refractivity contribution in [2.75, 3.05) is 26.8 Å². The van der Waals surface area contributed by atoms with Gasteiger partial charge in [0.05, 0.1) is 13.0 Å². The van der Waals surface area contributed by atoms with Crippen LogP contribution in [-0.4, -0.2) is 48.7 Å². The zero-order chi connectivity index (χ0) is 19.3. The molecule has 1 amide bonds. The first-order valence-corrected chi connectivity index (χ1v) is 9.18. The quantitative estimate of drug-likeness (QED) is 0.851. The molecule has 2 aromatic rings. The molecule has 1 unspecified atom stereocenters. The zero-order valence-corrected chi connectivity index (χ0v) is 15.6. The van der Waals surface area contributed by atoms with Crippen molar-refractivity contribution >= 4 is 11.9 Å². The van der Waals surface area contributed by atoms with Gasteiger partial charge >= 0.3 is 5.97 Å². The molecule has 1 aliphatic rings. The van der Waals surface area contributed by atoms with Gasteiger partial charge in [-0.2, -0.15) is 0 Å². The van der Waals surface area contributed by atoms with Gasteiger partial charge in [-0.1, -0.05) is 54.6 Å². The predicted octanol–water partition coefficient (Wildman–Crippen LogP) is 3.24. The normalized spacial score (nSPS) is 19.7. The number of aliphatic carboxylic acids is 1. The first kappa shape index (κ1) is 19.1. The highest BCUT2D eigenvalue weighted by Crippen LogP contribution is 2.31. The van der Waals surface area contributed by atoms with Crippen LogP contribution in [0.1, 0.15) is 18.4 Å². The summed E-state index contributed by atoms with van der Waals surface area (Å²) in [5, 5.41) is 9.63. The fraction of sp³-hybridized carbons (Fsp3) is 0.364. The number of amides is 1. The minimum atomic E-state index is -1.00. The van der Waals surface area contributed by atoms with Gasteiger partial charge in [0.2, 0.25) is 5.91 Å². The average molecular weight is 367 g/mol. The number of hydrogen-bond donors (Lipinski definition) is 1. The van der Waals surface area contributed by atoms with Crippen molar-refractivity contribution in [1.29, 1.82) is 0 Å². The van der Waals surface area contributed by atoms with Gasteiger partial charge in [0, 0.05) is 20.2 Å². The van der Waals surface area contributed by atoms with E-state index in [1.807, 2.05) is 42.5 Å². The Morgan fingerprint density at radius 2 is 1.74 bits per heavy atom. The molecule has 1 fully saturated rings. The third-order valence-electron chi connectivity index (χ3n) is 5.22. The number of piperidine rings is 1. The van der Waals surface area contributed by atoms with E-state index in [1.54, 1.807) is 4.90 Å². The van der Waals surface area contributed by atoms with E-state index in [-0.39, 0.29) is 25.5 Å². The van der Waals surface area contributed by atoms with E-state index < -0.39 is 11.4 Å². The van der Waals surface area contributed by atoms with Crippen LogP contribution in [0.2, 0.25) is 0 Å². The van der Waals surface area contributed by atoms with Crippen LogP contribution in [0.15, 0.2) is 54.6 Å². The van der Waals surface area contributed by atoms with Gasteiger partial charge in [-0.15, -0.1) is 0 Å². The summed E-state index contributed by atoms with van der Waals surface area (Å²) in [5.41, 5.74) is 2.17. The lowest BCUT2D eigenvalue weighted by atomic mass is 9.80. The van der Waals surface area contributed by atoms with E-state index in [2.05, 4.69) is 12.1 Å². The van der Waals surface area contributed by atoms with Crippen LogP contribution in [0, 0.1) is 5.41 Å². The van der Waals surface area contributed by atoms with Gasteiger partial charge in [0.1, 0.15) is 5.41 Å². The Morgan fingerprint density at radius 1 is 1.07 bits per heavy atom. The average Bonchev–Trinajstić information content (AvgIpc) is 2.69. The Morgan fingerprint density at radius 3 is 2.37 bits per heavy atom. The monoisotopic (exact) mass is 367 g/mol. The summed E-state index contributed by atoms with van der Waals surface area (Å²) in [4.78, 5) is 26.1. The Balaban J connectivity index is 1.67. The summed E-state index contributed by atoms with van der Waals surface area (Å²) in [5.74, 6) is -0.932. The number of likely N-dealkylation sites (tertiary alicyclic amines) is 1. The lowest BCUT2D eigenvalue weighted by Gasteiger charge is -2.39. The van der Waals surface area contributed by atoms with Crippen molar-refractivity contribution in [2.24, 2.45) is 5.41 Å². The minimum absolute atomic E-state index is 0.0381. The highest BCUT2D eigenvalue weighted by Gasteiger charge is 2.43. The maximum absolute atomic E-state index is 12.7. The van der Waals surface area contributed by atoms with E-state index in [4.69, 9.17) is 4.74 Å². The lowest BCUT2D eigenvalue weighted by molar-refractivity contribution is -0.159. The van der Waals surface area contributed by atoms with Crippen molar-refractivity contribution in [2.45, 2.75) is 19.3 Å². The van der Waals surface area contributed by atoms with Crippen LogP contribution >= 0.6 is 0 Å². The number of carbonyl (C=O) groups is 2. The number of rotatable bonds is 6. The summed E-state index contributed by atoms with van der Waals surface area (Å²) in [7, 11) is 1.50. The van der Waals surface area contributed by atoms with Gasteiger partial charge in [-0.25, -0.2) is 0 Å². The van der Waals surface area contributed by atoms with Crippen molar-refractivity contribution in [3.63, 3.8) is 0 Å². The molecule has 0 spiro atoms. The van der Waals surface area contributed by atoms with Gasteiger partial charge in [-0.05, 0) is 29.5 Å². The molecule has 1 heterocycles. The molecule has 1 atom stereocenters. The summed E-state index contributed by atoms with van der Waals surface area (Å²) in [6.45, 7) is 0.925. The van der Waals surface area contributed by atoms with Crippen LogP contribution in [0.4, 0.5) is 0 Å². The van der Waals surface area contributed by atoms with Crippen LogP contribution < -0.4 is 0 Å². The SMILES string of the molecule is COCC1(C(=O)O)CCCN(C(=O)Cc2ccc(-c3ccccc3)cc2)C1. The predicted molar refractivity (Wildman–Crippen MR) is 103 cm³/mol. The van der Waals surface area contributed by atoms with Crippen LogP contribution in [0.5, 0.6) is 0 Å². The minimum Gasteiger partial charge on any atom is -0.481 e. The number of nitrogens with zero attached hydrogens (tertiary/aromatic N) is 1. The number of carboxylic acid groups (broad SMARTS) is 1. The second-order valence-corrected chi connectivity index (χ2v) is 7.18. The van der Waals surface area contributed by atoms with E-state index in [0.29, 0.717) is 19.4 Å². The van der Waals surface area contributed by atoms with Crippen molar-refractivity contribution in [3.8, 4) is 11.1 Å². The molecule has 3 rings (SSSR count). The van der Waals surface area contributed by atoms with Crippen molar-refractivity contribution in [3.05, 3.63) is 60.2 Å².